The molecule has 0 saturated carbocycles. The molecule has 5 heteroatoms. The second kappa shape index (κ2) is 6.37. The number of esters is 1. The van der Waals surface area contributed by atoms with Gasteiger partial charge in [0, 0.05) is 0 Å². The van der Waals surface area contributed by atoms with Crippen LogP contribution in [0, 0.1) is 6.92 Å². The van der Waals surface area contributed by atoms with Crippen molar-refractivity contribution in [3.05, 3.63) is 29.3 Å². The van der Waals surface area contributed by atoms with Gasteiger partial charge in [0.2, 0.25) is 0 Å². The molecule has 0 radical (unpaired) electrons. The van der Waals surface area contributed by atoms with E-state index in [1.165, 1.54) is 14.2 Å². The Hall–Kier alpha value is -1.59. The summed E-state index contributed by atoms with van der Waals surface area (Å²) in [5.74, 6) is 0.0158. The van der Waals surface area contributed by atoms with E-state index in [1.807, 2.05) is 6.92 Å². The average molecular weight is 254 g/mol. The molecule has 0 aromatic heterocycles. The van der Waals surface area contributed by atoms with Crippen LogP contribution in [0.5, 0.6) is 5.75 Å². The first-order chi connectivity index (χ1) is 8.49. The molecule has 0 spiro atoms. The van der Waals surface area contributed by atoms with E-state index in [9.17, 15) is 15.0 Å². The molecular weight excluding hydrogens is 236 g/mol. The van der Waals surface area contributed by atoms with Crippen LogP contribution < -0.4 is 4.74 Å². The van der Waals surface area contributed by atoms with Crippen LogP contribution in [0.4, 0.5) is 0 Å². The fourth-order valence-electron chi connectivity index (χ4n) is 1.64. The number of carbonyl (C=O) groups is 1. The fraction of sp³-hybridized carbons (Fsp3) is 0.462. The quantitative estimate of drug-likeness (QED) is 0.765. The maximum absolute atomic E-state index is 11.0. The van der Waals surface area contributed by atoms with Crippen LogP contribution in [-0.4, -0.2) is 36.5 Å². The Morgan fingerprint density at radius 2 is 2.00 bits per heavy atom. The first kappa shape index (κ1) is 14.5. The van der Waals surface area contributed by atoms with Gasteiger partial charge < -0.3 is 19.7 Å². The van der Waals surface area contributed by atoms with Crippen LogP contribution in [0.3, 0.4) is 0 Å². The molecule has 0 aliphatic carbocycles. The summed E-state index contributed by atoms with van der Waals surface area (Å²) >= 11 is 0. The van der Waals surface area contributed by atoms with E-state index in [1.54, 1.807) is 18.2 Å². The standard InChI is InChI=1S/C13H18O5/c1-8-4-5-9(17-2)6-10(8)13(16)11(14)7-12(15)18-3/h4-6,11,13-14,16H,7H2,1-3H3. The predicted molar refractivity (Wildman–Crippen MR) is 65.3 cm³/mol. The molecule has 1 aromatic rings. The second-order valence-corrected chi connectivity index (χ2v) is 4.01. The molecule has 0 saturated heterocycles. The highest BCUT2D eigenvalue weighted by atomic mass is 16.5. The fourth-order valence-corrected chi connectivity index (χ4v) is 1.64. The minimum absolute atomic E-state index is 0.256. The third kappa shape index (κ3) is 3.45. The number of aryl methyl sites for hydroxylation is 1. The Kier molecular flexibility index (Phi) is 5.12. The molecule has 0 aliphatic rings. The third-order valence-corrected chi connectivity index (χ3v) is 2.77. The minimum Gasteiger partial charge on any atom is -0.497 e. The summed E-state index contributed by atoms with van der Waals surface area (Å²) in [5, 5.41) is 19.8. The van der Waals surface area contributed by atoms with E-state index in [2.05, 4.69) is 4.74 Å². The largest absolute Gasteiger partial charge is 0.497 e. The lowest BCUT2D eigenvalue weighted by Crippen LogP contribution is -2.23. The van der Waals surface area contributed by atoms with Crippen LogP contribution in [0.15, 0.2) is 18.2 Å². The second-order valence-electron chi connectivity index (χ2n) is 4.01. The molecule has 100 valence electrons. The summed E-state index contributed by atoms with van der Waals surface area (Å²) in [6.45, 7) is 1.81. The number of hydrogen-bond acceptors (Lipinski definition) is 5. The van der Waals surface area contributed by atoms with Crippen molar-refractivity contribution >= 4 is 5.97 Å². The van der Waals surface area contributed by atoms with Gasteiger partial charge in [0.25, 0.3) is 0 Å². The Morgan fingerprint density at radius 1 is 1.33 bits per heavy atom. The lowest BCUT2D eigenvalue weighted by molar-refractivity contribution is -0.144. The van der Waals surface area contributed by atoms with Crippen LogP contribution in [0.25, 0.3) is 0 Å². The maximum Gasteiger partial charge on any atom is 0.308 e. The van der Waals surface area contributed by atoms with Gasteiger partial charge in [0.05, 0.1) is 26.7 Å². The highest BCUT2D eigenvalue weighted by Gasteiger charge is 2.23. The summed E-state index contributed by atoms with van der Waals surface area (Å²) < 4.78 is 9.50. The van der Waals surface area contributed by atoms with Gasteiger partial charge in [-0.05, 0) is 30.2 Å². The molecule has 5 nitrogen and oxygen atoms in total. The molecule has 0 heterocycles. The summed E-state index contributed by atoms with van der Waals surface area (Å²) in [7, 11) is 2.75. The lowest BCUT2D eigenvalue weighted by Gasteiger charge is -2.19. The van der Waals surface area contributed by atoms with Crippen LogP contribution in [0.2, 0.25) is 0 Å². The van der Waals surface area contributed by atoms with E-state index in [4.69, 9.17) is 4.74 Å². The summed E-state index contributed by atoms with van der Waals surface area (Å²) in [6, 6.07) is 5.18. The molecule has 0 amide bonds. The van der Waals surface area contributed by atoms with E-state index < -0.39 is 18.2 Å². The highest BCUT2D eigenvalue weighted by Crippen LogP contribution is 2.26. The Balaban J connectivity index is 2.88. The molecule has 2 unspecified atom stereocenters. The molecule has 1 rings (SSSR count). The number of aliphatic hydroxyl groups is 2. The van der Waals surface area contributed by atoms with E-state index in [-0.39, 0.29) is 6.42 Å². The van der Waals surface area contributed by atoms with Gasteiger partial charge in [-0.3, -0.25) is 4.79 Å². The number of hydrogen-bond donors (Lipinski definition) is 2. The Labute approximate surface area is 106 Å². The van der Waals surface area contributed by atoms with Crippen molar-refractivity contribution in [1.82, 2.24) is 0 Å². The van der Waals surface area contributed by atoms with E-state index >= 15 is 0 Å². The van der Waals surface area contributed by atoms with Crippen molar-refractivity contribution in [2.24, 2.45) is 0 Å². The lowest BCUT2D eigenvalue weighted by atomic mass is 9.97. The van der Waals surface area contributed by atoms with Gasteiger partial charge >= 0.3 is 5.97 Å². The first-order valence-corrected chi connectivity index (χ1v) is 5.57. The first-order valence-electron chi connectivity index (χ1n) is 5.57. The molecule has 0 bridgehead atoms. The molecular formula is C13H18O5. The zero-order chi connectivity index (χ0) is 13.7. The summed E-state index contributed by atoms with van der Waals surface area (Å²) in [6.07, 6.45) is -2.61. The van der Waals surface area contributed by atoms with E-state index in [0.717, 1.165) is 5.56 Å². The topological polar surface area (TPSA) is 76.0 Å². The molecule has 1 aromatic carbocycles. The normalized spacial score (nSPS) is 13.8. The maximum atomic E-state index is 11.0. The zero-order valence-electron chi connectivity index (χ0n) is 10.7. The number of rotatable bonds is 5. The zero-order valence-corrected chi connectivity index (χ0v) is 10.7. The minimum atomic E-state index is -1.21. The van der Waals surface area contributed by atoms with Crippen molar-refractivity contribution in [3.63, 3.8) is 0 Å². The number of methoxy groups -OCH3 is 2. The van der Waals surface area contributed by atoms with Gasteiger partial charge in [-0.1, -0.05) is 6.07 Å². The van der Waals surface area contributed by atoms with Crippen molar-refractivity contribution < 1.29 is 24.5 Å². The van der Waals surface area contributed by atoms with Crippen LogP contribution in [0.1, 0.15) is 23.7 Å². The van der Waals surface area contributed by atoms with Gasteiger partial charge in [-0.2, -0.15) is 0 Å². The van der Waals surface area contributed by atoms with Crippen molar-refractivity contribution in [2.75, 3.05) is 14.2 Å². The molecule has 18 heavy (non-hydrogen) atoms. The molecule has 2 atom stereocenters. The monoisotopic (exact) mass is 254 g/mol. The predicted octanol–water partition coefficient (Wildman–Crippen LogP) is 0.961. The van der Waals surface area contributed by atoms with Gasteiger partial charge in [0.15, 0.2) is 0 Å². The smallest absolute Gasteiger partial charge is 0.308 e. The number of ether oxygens (including phenoxy) is 2. The summed E-state index contributed by atoms with van der Waals surface area (Å²) in [5.41, 5.74) is 1.35. The Bertz CT molecular complexity index is 416. The van der Waals surface area contributed by atoms with Gasteiger partial charge in [-0.15, -0.1) is 0 Å². The highest BCUT2D eigenvalue weighted by molar-refractivity contribution is 5.69. The Morgan fingerprint density at radius 3 is 2.56 bits per heavy atom. The molecule has 2 N–H and O–H groups in total. The molecule has 0 aliphatic heterocycles. The molecule has 0 fully saturated rings. The van der Waals surface area contributed by atoms with Crippen LogP contribution in [-0.2, 0) is 9.53 Å². The number of aliphatic hydroxyl groups excluding tert-OH is 2. The average Bonchev–Trinajstić information content (AvgIpc) is 2.38. The van der Waals surface area contributed by atoms with Gasteiger partial charge in [0.1, 0.15) is 11.9 Å². The van der Waals surface area contributed by atoms with Crippen molar-refractivity contribution in [2.45, 2.75) is 25.6 Å². The summed E-state index contributed by atoms with van der Waals surface area (Å²) in [4.78, 5) is 11.0. The SMILES string of the molecule is COC(=O)CC(O)C(O)c1cc(OC)ccc1C. The van der Waals surface area contributed by atoms with Crippen LogP contribution >= 0.6 is 0 Å². The third-order valence-electron chi connectivity index (χ3n) is 2.77. The number of carbonyl (C=O) groups excluding carboxylic acids is 1. The van der Waals surface area contributed by atoms with E-state index in [0.29, 0.717) is 11.3 Å². The van der Waals surface area contributed by atoms with Crippen molar-refractivity contribution in [1.29, 1.82) is 0 Å². The van der Waals surface area contributed by atoms with Gasteiger partial charge in [-0.25, -0.2) is 0 Å². The van der Waals surface area contributed by atoms with Crippen molar-refractivity contribution in [3.8, 4) is 5.75 Å². The number of benzene rings is 1.